The van der Waals surface area contributed by atoms with Gasteiger partial charge < -0.3 is 19.7 Å². The van der Waals surface area contributed by atoms with Crippen molar-refractivity contribution in [3.8, 4) is 11.5 Å². The van der Waals surface area contributed by atoms with Crippen LogP contribution in [0.3, 0.4) is 0 Å². The van der Waals surface area contributed by atoms with Crippen LogP contribution in [0.15, 0.2) is 60.7 Å². The summed E-state index contributed by atoms with van der Waals surface area (Å²) < 4.78 is 12.4. The molecule has 164 valence electrons. The Hall–Kier alpha value is -3.05. The van der Waals surface area contributed by atoms with Gasteiger partial charge in [-0.05, 0) is 49.7 Å². The maximum absolute atomic E-state index is 12.8. The zero-order valence-electron chi connectivity index (χ0n) is 18.5. The monoisotopic (exact) mass is 428 g/mol. The minimum absolute atomic E-state index is 0.106. The van der Waals surface area contributed by atoms with Gasteiger partial charge in [0, 0.05) is 29.0 Å². The lowest BCUT2D eigenvalue weighted by atomic mass is 9.53. The topological polar surface area (TPSA) is 50.8 Å². The van der Waals surface area contributed by atoms with Crippen LogP contribution in [0, 0.1) is 5.92 Å². The molecule has 5 nitrogen and oxygen atoms in total. The van der Waals surface area contributed by atoms with E-state index in [1.54, 1.807) is 13.2 Å². The number of nitrogens with zero attached hydrogens (tertiary/aromatic N) is 1. The summed E-state index contributed by atoms with van der Waals surface area (Å²) in [5.41, 5.74) is 3.56. The largest absolute Gasteiger partial charge is 0.493 e. The van der Waals surface area contributed by atoms with Crippen LogP contribution in [-0.4, -0.2) is 49.7 Å². The van der Waals surface area contributed by atoms with Crippen molar-refractivity contribution in [1.29, 1.82) is 0 Å². The first-order chi connectivity index (χ1) is 15.6. The molecule has 0 radical (unpaired) electrons. The molecule has 5 atom stereocenters. The molecule has 2 aliphatic carbocycles. The van der Waals surface area contributed by atoms with Crippen molar-refractivity contribution in [3.05, 3.63) is 77.4 Å². The third-order valence-corrected chi connectivity index (χ3v) is 7.92. The van der Waals surface area contributed by atoms with E-state index in [0.29, 0.717) is 12.0 Å². The second kappa shape index (κ2) is 7.24. The number of nitrogens with one attached hydrogen (secondary N) is 1. The standard InChI is InChI=1S/C27H28N2O3/c1-29-15-14-27-19-10-11-20(28-23(30)13-8-17-6-4-3-5-7-17)26(27)32-25-22(31-2)12-9-18(24(25)27)16-21(19)29/h3-13,19-21,26H,14-16H2,1-2H3,(H,28,30)/b13-8+/t19-,20+,21+,26-,27-/m0/s1. The molecule has 2 heterocycles. The fraction of sp³-hybridized carbons (Fsp3) is 0.370. The average Bonchev–Trinajstić information content (AvgIpc) is 3.17. The van der Waals surface area contributed by atoms with E-state index >= 15 is 0 Å². The number of hydrogen-bond donors (Lipinski definition) is 1. The number of rotatable bonds is 4. The number of benzene rings is 2. The summed E-state index contributed by atoms with van der Waals surface area (Å²) in [4.78, 5) is 15.3. The van der Waals surface area contributed by atoms with Crippen molar-refractivity contribution in [1.82, 2.24) is 10.2 Å². The summed E-state index contributed by atoms with van der Waals surface area (Å²) in [7, 11) is 3.93. The molecule has 6 rings (SSSR count). The molecule has 0 saturated carbocycles. The van der Waals surface area contributed by atoms with Gasteiger partial charge in [-0.25, -0.2) is 0 Å². The first-order valence-corrected chi connectivity index (χ1v) is 11.4. The lowest BCUT2D eigenvalue weighted by Crippen LogP contribution is -2.66. The van der Waals surface area contributed by atoms with Crippen LogP contribution in [0.25, 0.3) is 6.08 Å². The summed E-state index contributed by atoms with van der Waals surface area (Å²) in [6, 6.07) is 14.4. The number of likely N-dealkylation sites (N-methyl/N-ethyl adjacent to an activating group) is 1. The predicted octanol–water partition coefficient (Wildman–Crippen LogP) is 3.34. The van der Waals surface area contributed by atoms with E-state index in [2.05, 4.69) is 35.5 Å². The number of carbonyl (C=O) groups excluding carboxylic acids is 1. The van der Waals surface area contributed by atoms with Crippen molar-refractivity contribution in [3.63, 3.8) is 0 Å². The zero-order valence-corrected chi connectivity index (χ0v) is 18.5. The van der Waals surface area contributed by atoms with Gasteiger partial charge in [-0.2, -0.15) is 0 Å². The number of likely N-dealkylation sites (tertiary alicyclic amines) is 1. The predicted molar refractivity (Wildman–Crippen MR) is 124 cm³/mol. The van der Waals surface area contributed by atoms with E-state index in [1.807, 2.05) is 42.5 Å². The Morgan fingerprint density at radius 1 is 1.22 bits per heavy atom. The number of carbonyl (C=O) groups is 1. The summed E-state index contributed by atoms with van der Waals surface area (Å²) in [5.74, 6) is 1.94. The molecule has 1 fully saturated rings. The Kier molecular flexibility index (Phi) is 4.44. The molecular formula is C27H28N2O3. The average molecular weight is 429 g/mol. The van der Waals surface area contributed by atoms with Gasteiger partial charge >= 0.3 is 0 Å². The SMILES string of the molecule is COc1ccc2c3c1O[C@H]1[C@H](NC(=O)/C=C/c4ccccc4)C=C[C@H]4[C@@H](C2)N(C)CC[C@@]341. The van der Waals surface area contributed by atoms with E-state index in [-0.39, 0.29) is 23.5 Å². The molecule has 4 aliphatic rings. The zero-order chi connectivity index (χ0) is 21.9. The highest BCUT2D eigenvalue weighted by molar-refractivity contribution is 5.92. The van der Waals surface area contributed by atoms with Crippen LogP contribution >= 0.6 is 0 Å². The van der Waals surface area contributed by atoms with Gasteiger partial charge in [-0.15, -0.1) is 0 Å². The highest BCUT2D eigenvalue weighted by Gasteiger charge is 2.64. The highest BCUT2D eigenvalue weighted by Crippen LogP contribution is 2.62. The molecule has 1 amide bonds. The van der Waals surface area contributed by atoms with Gasteiger partial charge in [0.25, 0.3) is 0 Å². The van der Waals surface area contributed by atoms with E-state index in [1.165, 1.54) is 11.1 Å². The van der Waals surface area contributed by atoms with Crippen LogP contribution in [0.4, 0.5) is 0 Å². The van der Waals surface area contributed by atoms with Gasteiger partial charge in [0.1, 0.15) is 6.10 Å². The molecule has 1 saturated heterocycles. The first-order valence-electron chi connectivity index (χ1n) is 11.4. The molecule has 5 heteroatoms. The fourth-order valence-corrected chi connectivity index (χ4v) is 6.49. The van der Waals surface area contributed by atoms with Gasteiger partial charge in [0.05, 0.1) is 13.2 Å². The van der Waals surface area contributed by atoms with Gasteiger partial charge in [-0.3, -0.25) is 4.79 Å². The Balaban J connectivity index is 1.36. The maximum atomic E-state index is 12.8. The third kappa shape index (κ3) is 2.70. The summed E-state index contributed by atoms with van der Waals surface area (Å²) in [6.07, 6.45) is 9.85. The number of hydrogen-bond acceptors (Lipinski definition) is 4. The summed E-state index contributed by atoms with van der Waals surface area (Å²) >= 11 is 0. The normalized spacial score (nSPS) is 31.8. The smallest absolute Gasteiger partial charge is 0.244 e. The Bertz CT molecular complexity index is 1130. The molecule has 0 unspecified atom stereocenters. The molecule has 2 aliphatic heterocycles. The number of methoxy groups -OCH3 is 1. The molecule has 32 heavy (non-hydrogen) atoms. The molecule has 1 spiro atoms. The molecule has 2 aromatic carbocycles. The lowest BCUT2D eigenvalue weighted by molar-refractivity contribution is -0.118. The third-order valence-electron chi connectivity index (χ3n) is 7.92. The van der Waals surface area contributed by atoms with E-state index in [9.17, 15) is 4.79 Å². The molecule has 1 N–H and O–H groups in total. The Morgan fingerprint density at radius 3 is 2.88 bits per heavy atom. The minimum atomic E-state index is -0.189. The number of piperidine rings is 1. The van der Waals surface area contributed by atoms with Crippen molar-refractivity contribution in [2.75, 3.05) is 20.7 Å². The van der Waals surface area contributed by atoms with Crippen LogP contribution < -0.4 is 14.8 Å². The van der Waals surface area contributed by atoms with E-state index in [4.69, 9.17) is 9.47 Å². The van der Waals surface area contributed by atoms with Crippen molar-refractivity contribution in [2.45, 2.75) is 36.4 Å². The second-order valence-electron chi connectivity index (χ2n) is 9.40. The maximum Gasteiger partial charge on any atom is 0.244 e. The molecule has 2 aromatic rings. The highest BCUT2D eigenvalue weighted by atomic mass is 16.5. The van der Waals surface area contributed by atoms with E-state index < -0.39 is 0 Å². The number of ether oxygens (including phenoxy) is 2. The Morgan fingerprint density at radius 2 is 2.06 bits per heavy atom. The minimum Gasteiger partial charge on any atom is -0.493 e. The van der Waals surface area contributed by atoms with Crippen LogP contribution in [-0.2, 0) is 16.6 Å². The Labute approximate surface area is 188 Å². The van der Waals surface area contributed by atoms with Crippen molar-refractivity contribution < 1.29 is 14.3 Å². The summed E-state index contributed by atoms with van der Waals surface area (Å²) in [5, 5.41) is 3.21. The van der Waals surface area contributed by atoms with Gasteiger partial charge in [0.15, 0.2) is 11.5 Å². The second-order valence-corrected chi connectivity index (χ2v) is 9.40. The lowest BCUT2D eigenvalue weighted by Gasteiger charge is -2.57. The molecular weight excluding hydrogens is 400 g/mol. The quantitative estimate of drug-likeness (QED) is 0.600. The fourth-order valence-electron chi connectivity index (χ4n) is 6.49. The summed E-state index contributed by atoms with van der Waals surface area (Å²) in [6.45, 7) is 1.03. The van der Waals surface area contributed by atoms with Gasteiger partial charge in [-0.1, -0.05) is 48.6 Å². The van der Waals surface area contributed by atoms with Crippen LogP contribution in [0.1, 0.15) is 23.1 Å². The first kappa shape index (κ1) is 19.6. The van der Waals surface area contributed by atoms with E-state index in [0.717, 1.165) is 36.4 Å². The number of amides is 1. The van der Waals surface area contributed by atoms with Gasteiger partial charge in [0.2, 0.25) is 5.91 Å². The molecule has 0 aromatic heterocycles. The van der Waals surface area contributed by atoms with Crippen LogP contribution in [0.2, 0.25) is 0 Å². The van der Waals surface area contributed by atoms with Crippen LogP contribution in [0.5, 0.6) is 11.5 Å². The molecule has 2 bridgehead atoms. The van der Waals surface area contributed by atoms with Crippen molar-refractivity contribution >= 4 is 12.0 Å². The van der Waals surface area contributed by atoms with Crippen molar-refractivity contribution in [2.24, 2.45) is 5.92 Å².